The number of fused-ring (bicyclic) bond motifs is 1. The summed E-state index contributed by atoms with van der Waals surface area (Å²) in [6.45, 7) is 4.45. The highest BCUT2D eigenvalue weighted by Crippen LogP contribution is 2.33. The predicted molar refractivity (Wildman–Crippen MR) is 68.1 cm³/mol. The summed E-state index contributed by atoms with van der Waals surface area (Å²) in [4.78, 5) is 0. The van der Waals surface area contributed by atoms with Crippen LogP contribution < -0.4 is 5.32 Å². The average Bonchev–Trinajstić information content (AvgIpc) is 2.69. The second-order valence-corrected chi connectivity index (χ2v) is 5.21. The van der Waals surface area contributed by atoms with Crippen LogP contribution in [0.15, 0.2) is 18.2 Å². The van der Waals surface area contributed by atoms with Gasteiger partial charge in [0.05, 0.1) is 5.60 Å². The molecule has 94 valence electrons. The third kappa shape index (κ3) is 2.79. The number of aromatic hydroxyl groups is 1. The summed E-state index contributed by atoms with van der Waals surface area (Å²) < 4.78 is 0. The molecule has 0 saturated heterocycles. The highest BCUT2D eigenvalue weighted by Gasteiger charge is 2.25. The normalized spacial score (nSPS) is 22.2. The maximum Gasteiger partial charge on any atom is 0.115 e. The first-order valence-electron chi connectivity index (χ1n) is 6.29. The molecule has 2 unspecified atom stereocenters. The van der Waals surface area contributed by atoms with E-state index in [-0.39, 0.29) is 0 Å². The molecule has 0 radical (unpaired) electrons. The Bertz CT molecular complexity index is 401. The van der Waals surface area contributed by atoms with E-state index < -0.39 is 5.60 Å². The molecule has 1 aromatic rings. The molecule has 2 atom stereocenters. The highest BCUT2D eigenvalue weighted by molar-refractivity contribution is 5.40. The predicted octanol–water partition coefficient (Wildman–Crippen LogP) is 2.13. The lowest BCUT2D eigenvalue weighted by Crippen LogP contribution is -2.38. The molecule has 0 heterocycles. The van der Waals surface area contributed by atoms with E-state index in [1.807, 2.05) is 26.0 Å². The second-order valence-electron chi connectivity index (χ2n) is 5.21. The van der Waals surface area contributed by atoms with Crippen LogP contribution in [0.4, 0.5) is 0 Å². The van der Waals surface area contributed by atoms with Crippen LogP contribution in [0.25, 0.3) is 0 Å². The minimum absolute atomic E-state index is 0.309. The number of phenols is 1. The minimum Gasteiger partial charge on any atom is -0.508 e. The lowest BCUT2D eigenvalue weighted by molar-refractivity contribution is 0.0528. The van der Waals surface area contributed by atoms with Crippen LogP contribution >= 0.6 is 0 Å². The zero-order valence-electron chi connectivity index (χ0n) is 10.5. The summed E-state index contributed by atoms with van der Waals surface area (Å²) in [5.41, 5.74) is 1.84. The van der Waals surface area contributed by atoms with Gasteiger partial charge in [0.25, 0.3) is 0 Å². The van der Waals surface area contributed by atoms with Gasteiger partial charge in [-0.15, -0.1) is 0 Å². The summed E-state index contributed by atoms with van der Waals surface area (Å²) in [5, 5.41) is 22.8. The fourth-order valence-corrected chi connectivity index (χ4v) is 2.28. The van der Waals surface area contributed by atoms with Crippen molar-refractivity contribution in [2.24, 2.45) is 0 Å². The van der Waals surface area contributed by atoms with Gasteiger partial charge in [-0.1, -0.05) is 13.0 Å². The molecule has 0 bridgehead atoms. The molecule has 0 aromatic heterocycles. The molecule has 0 fully saturated rings. The average molecular weight is 235 g/mol. The maximum atomic E-state index is 9.97. The van der Waals surface area contributed by atoms with Crippen molar-refractivity contribution in [2.45, 2.75) is 44.8 Å². The van der Waals surface area contributed by atoms with Crippen LogP contribution in [-0.4, -0.2) is 22.4 Å². The van der Waals surface area contributed by atoms with Crippen LogP contribution in [0.1, 0.15) is 43.9 Å². The Labute approximate surface area is 102 Å². The molecule has 1 aliphatic rings. The van der Waals surface area contributed by atoms with Crippen molar-refractivity contribution in [3.05, 3.63) is 29.3 Å². The molecular formula is C14H21NO2. The smallest absolute Gasteiger partial charge is 0.115 e. The standard InChI is InChI=1S/C14H21NO2/c1-3-14(2,17)9-15-13-7-4-10-8-11(16)5-6-12(10)13/h5-6,8,13,15-17H,3-4,7,9H2,1-2H3. The largest absolute Gasteiger partial charge is 0.508 e. The number of rotatable bonds is 4. The van der Waals surface area contributed by atoms with Crippen LogP contribution in [0, 0.1) is 0 Å². The van der Waals surface area contributed by atoms with Crippen molar-refractivity contribution in [1.29, 1.82) is 0 Å². The summed E-state index contributed by atoms with van der Waals surface area (Å²) in [5.74, 6) is 0.338. The zero-order chi connectivity index (χ0) is 12.5. The quantitative estimate of drug-likeness (QED) is 0.749. The molecule has 0 spiro atoms. The van der Waals surface area contributed by atoms with Gasteiger partial charge in [0, 0.05) is 12.6 Å². The molecule has 0 saturated carbocycles. The van der Waals surface area contributed by atoms with Gasteiger partial charge >= 0.3 is 0 Å². The number of benzene rings is 1. The number of aliphatic hydroxyl groups is 1. The van der Waals surface area contributed by atoms with Gasteiger partial charge in [0.15, 0.2) is 0 Å². The summed E-state index contributed by atoms with van der Waals surface area (Å²) >= 11 is 0. The first-order chi connectivity index (χ1) is 8.02. The Balaban J connectivity index is 2.03. The molecule has 1 aromatic carbocycles. The van der Waals surface area contributed by atoms with E-state index >= 15 is 0 Å². The van der Waals surface area contributed by atoms with E-state index in [0.29, 0.717) is 18.3 Å². The highest BCUT2D eigenvalue weighted by atomic mass is 16.3. The van der Waals surface area contributed by atoms with Gasteiger partial charge in [0.1, 0.15) is 5.75 Å². The van der Waals surface area contributed by atoms with Crippen molar-refractivity contribution in [1.82, 2.24) is 5.32 Å². The number of phenolic OH excluding ortho intramolecular Hbond substituents is 1. The Kier molecular flexibility index (Phi) is 3.40. The SMILES string of the molecule is CCC(C)(O)CNC1CCc2cc(O)ccc21. The number of nitrogens with one attached hydrogen (secondary N) is 1. The molecule has 2 rings (SSSR count). The van der Waals surface area contributed by atoms with E-state index in [0.717, 1.165) is 19.3 Å². The zero-order valence-corrected chi connectivity index (χ0v) is 10.5. The third-order valence-electron chi connectivity index (χ3n) is 3.70. The van der Waals surface area contributed by atoms with E-state index in [2.05, 4.69) is 5.32 Å². The molecular weight excluding hydrogens is 214 g/mol. The molecule has 1 aliphatic carbocycles. The molecule has 3 nitrogen and oxygen atoms in total. The Morgan fingerprint density at radius 1 is 1.47 bits per heavy atom. The summed E-state index contributed by atoms with van der Waals surface area (Å²) in [6.07, 6.45) is 2.78. The Hall–Kier alpha value is -1.06. The monoisotopic (exact) mass is 235 g/mol. The van der Waals surface area contributed by atoms with Crippen LogP contribution in [-0.2, 0) is 6.42 Å². The van der Waals surface area contributed by atoms with Gasteiger partial charge in [-0.25, -0.2) is 0 Å². The van der Waals surface area contributed by atoms with E-state index in [9.17, 15) is 10.2 Å². The Morgan fingerprint density at radius 2 is 2.24 bits per heavy atom. The molecule has 3 N–H and O–H groups in total. The lowest BCUT2D eigenvalue weighted by Gasteiger charge is -2.24. The van der Waals surface area contributed by atoms with Crippen molar-refractivity contribution in [3.8, 4) is 5.75 Å². The summed E-state index contributed by atoms with van der Waals surface area (Å²) in [6, 6.07) is 5.87. The minimum atomic E-state index is -0.639. The van der Waals surface area contributed by atoms with E-state index in [1.54, 1.807) is 6.07 Å². The fourth-order valence-electron chi connectivity index (χ4n) is 2.28. The maximum absolute atomic E-state index is 9.97. The topological polar surface area (TPSA) is 52.5 Å². The second kappa shape index (κ2) is 4.67. The Morgan fingerprint density at radius 3 is 2.94 bits per heavy atom. The lowest BCUT2D eigenvalue weighted by atomic mass is 10.0. The van der Waals surface area contributed by atoms with Gasteiger partial charge in [-0.3, -0.25) is 0 Å². The number of hydrogen-bond donors (Lipinski definition) is 3. The molecule has 17 heavy (non-hydrogen) atoms. The summed E-state index contributed by atoms with van der Waals surface area (Å²) in [7, 11) is 0. The van der Waals surface area contributed by atoms with Crippen LogP contribution in [0.2, 0.25) is 0 Å². The first-order valence-corrected chi connectivity index (χ1v) is 6.29. The van der Waals surface area contributed by atoms with E-state index in [4.69, 9.17) is 0 Å². The number of hydrogen-bond acceptors (Lipinski definition) is 3. The van der Waals surface area contributed by atoms with Crippen LogP contribution in [0.5, 0.6) is 5.75 Å². The van der Waals surface area contributed by atoms with E-state index in [1.165, 1.54) is 11.1 Å². The van der Waals surface area contributed by atoms with Gasteiger partial charge in [-0.2, -0.15) is 0 Å². The number of aryl methyl sites for hydroxylation is 1. The van der Waals surface area contributed by atoms with Crippen molar-refractivity contribution in [2.75, 3.05) is 6.54 Å². The first kappa shape index (κ1) is 12.4. The van der Waals surface area contributed by atoms with Gasteiger partial charge in [-0.05, 0) is 49.4 Å². The van der Waals surface area contributed by atoms with Crippen molar-refractivity contribution >= 4 is 0 Å². The fraction of sp³-hybridized carbons (Fsp3) is 0.571. The molecule has 3 heteroatoms. The van der Waals surface area contributed by atoms with Gasteiger partial charge in [0.2, 0.25) is 0 Å². The molecule has 0 amide bonds. The third-order valence-corrected chi connectivity index (χ3v) is 3.70. The van der Waals surface area contributed by atoms with Crippen molar-refractivity contribution < 1.29 is 10.2 Å². The molecule has 0 aliphatic heterocycles. The van der Waals surface area contributed by atoms with Crippen LogP contribution in [0.3, 0.4) is 0 Å². The van der Waals surface area contributed by atoms with Crippen molar-refractivity contribution in [3.63, 3.8) is 0 Å². The van der Waals surface area contributed by atoms with Gasteiger partial charge < -0.3 is 15.5 Å².